The number of benzene rings is 1. The van der Waals surface area contributed by atoms with E-state index in [9.17, 15) is 4.39 Å². The molecule has 0 bridgehead atoms. The zero-order valence-electron chi connectivity index (χ0n) is 13.6. The highest BCUT2D eigenvalue weighted by Gasteiger charge is 2.19. The number of aromatic nitrogens is 4. The van der Waals surface area contributed by atoms with Crippen LogP contribution in [-0.2, 0) is 10.3 Å². The number of methoxy groups -OCH3 is 1. The van der Waals surface area contributed by atoms with Gasteiger partial charge in [-0.1, -0.05) is 24.3 Å². The Morgan fingerprint density at radius 1 is 1.17 bits per heavy atom. The van der Waals surface area contributed by atoms with Gasteiger partial charge < -0.3 is 4.74 Å². The van der Waals surface area contributed by atoms with E-state index in [0.29, 0.717) is 5.65 Å². The van der Waals surface area contributed by atoms with Gasteiger partial charge in [0.05, 0.1) is 17.5 Å². The third-order valence-corrected chi connectivity index (χ3v) is 4.06. The lowest BCUT2D eigenvalue weighted by atomic mass is 9.96. The first-order valence-electron chi connectivity index (χ1n) is 7.43. The molecule has 0 aliphatic rings. The van der Waals surface area contributed by atoms with Crippen LogP contribution in [0.5, 0.6) is 0 Å². The van der Waals surface area contributed by atoms with Gasteiger partial charge >= 0.3 is 0 Å². The molecule has 0 amide bonds. The molecule has 5 nitrogen and oxygen atoms in total. The summed E-state index contributed by atoms with van der Waals surface area (Å²) < 4.78 is 20.7. The molecule has 23 heavy (non-hydrogen) atoms. The summed E-state index contributed by atoms with van der Waals surface area (Å²) in [6, 6.07) is 7.98. The summed E-state index contributed by atoms with van der Waals surface area (Å²) in [5, 5.41) is 7.79. The van der Waals surface area contributed by atoms with Crippen molar-refractivity contribution in [2.75, 3.05) is 7.11 Å². The molecule has 0 aliphatic carbocycles. The molecule has 0 N–H and O–H groups in total. The second-order valence-electron chi connectivity index (χ2n) is 5.97. The van der Waals surface area contributed by atoms with Crippen molar-refractivity contribution in [2.45, 2.75) is 32.5 Å². The Bertz CT molecular complexity index is 824. The van der Waals surface area contributed by atoms with Crippen LogP contribution in [0.25, 0.3) is 16.9 Å². The van der Waals surface area contributed by atoms with E-state index < -0.39 is 6.17 Å². The van der Waals surface area contributed by atoms with Crippen molar-refractivity contribution in [1.82, 2.24) is 19.6 Å². The fourth-order valence-electron chi connectivity index (χ4n) is 2.40. The highest BCUT2D eigenvalue weighted by Crippen LogP contribution is 2.27. The molecule has 0 saturated carbocycles. The van der Waals surface area contributed by atoms with Crippen molar-refractivity contribution in [2.24, 2.45) is 0 Å². The van der Waals surface area contributed by atoms with Gasteiger partial charge in [0.2, 0.25) is 0 Å². The first-order valence-corrected chi connectivity index (χ1v) is 7.43. The van der Waals surface area contributed by atoms with Crippen molar-refractivity contribution in [3.05, 3.63) is 48.0 Å². The molecule has 1 unspecified atom stereocenters. The molecule has 0 aliphatic heterocycles. The van der Waals surface area contributed by atoms with E-state index in [1.54, 1.807) is 23.9 Å². The average Bonchev–Trinajstić information content (AvgIpc) is 2.98. The summed E-state index contributed by atoms with van der Waals surface area (Å²) in [6.07, 6.45) is 2.17. The van der Waals surface area contributed by atoms with Crippen molar-refractivity contribution in [3.8, 4) is 11.3 Å². The number of hydrogen-bond acceptors (Lipinski definition) is 4. The van der Waals surface area contributed by atoms with Crippen LogP contribution in [-0.4, -0.2) is 26.7 Å². The summed E-state index contributed by atoms with van der Waals surface area (Å²) in [7, 11) is 1.69. The molecular formula is C17H19FN4O. The van der Waals surface area contributed by atoms with E-state index in [0.717, 1.165) is 16.8 Å². The quantitative estimate of drug-likeness (QED) is 0.737. The smallest absolute Gasteiger partial charge is 0.179 e. The summed E-state index contributed by atoms with van der Waals surface area (Å²) in [4.78, 5) is 4.38. The summed E-state index contributed by atoms with van der Waals surface area (Å²) in [5.41, 5.74) is 2.94. The highest BCUT2D eigenvalue weighted by atomic mass is 19.1. The van der Waals surface area contributed by atoms with Gasteiger partial charge in [-0.2, -0.15) is 0 Å². The molecule has 1 atom stereocenters. The van der Waals surface area contributed by atoms with Gasteiger partial charge in [0.15, 0.2) is 17.6 Å². The number of nitrogens with zero attached hydrogens (tertiary/aromatic N) is 4. The van der Waals surface area contributed by atoms with Gasteiger partial charge in [-0.3, -0.25) is 9.38 Å². The van der Waals surface area contributed by atoms with Crippen LogP contribution in [0.3, 0.4) is 0 Å². The maximum atomic E-state index is 13.6. The van der Waals surface area contributed by atoms with Crippen molar-refractivity contribution < 1.29 is 9.13 Å². The van der Waals surface area contributed by atoms with Crippen molar-refractivity contribution in [3.63, 3.8) is 0 Å². The average molecular weight is 314 g/mol. The molecule has 3 rings (SSSR count). The zero-order valence-corrected chi connectivity index (χ0v) is 13.6. The van der Waals surface area contributed by atoms with Crippen LogP contribution in [0.15, 0.2) is 36.7 Å². The third-order valence-electron chi connectivity index (χ3n) is 4.06. The molecule has 6 heteroatoms. The van der Waals surface area contributed by atoms with E-state index in [-0.39, 0.29) is 11.4 Å². The Hall–Kier alpha value is -2.34. The van der Waals surface area contributed by atoms with Gasteiger partial charge in [0.25, 0.3) is 0 Å². The molecule has 1 aromatic carbocycles. The fourth-order valence-corrected chi connectivity index (χ4v) is 2.40. The molecule has 0 saturated heterocycles. The number of halogens is 1. The zero-order chi connectivity index (χ0) is 16.6. The van der Waals surface area contributed by atoms with Crippen LogP contribution in [0, 0.1) is 0 Å². The first kappa shape index (κ1) is 15.6. The van der Waals surface area contributed by atoms with E-state index in [1.165, 1.54) is 6.92 Å². The lowest BCUT2D eigenvalue weighted by Gasteiger charge is -2.23. The third kappa shape index (κ3) is 2.82. The van der Waals surface area contributed by atoms with Gasteiger partial charge in [-0.05, 0) is 26.3 Å². The van der Waals surface area contributed by atoms with Crippen LogP contribution in [0.1, 0.15) is 38.3 Å². The topological polar surface area (TPSA) is 52.3 Å². The molecule has 0 fully saturated rings. The normalized spacial score (nSPS) is 13.4. The predicted molar refractivity (Wildman–Crippen MR) is 85.8 cm³/mol. The minimum Gasteiger partial charge on any atom is -0.374 e. The lowest BCUT2D eigenvalue weighted by Crippen LogP contribution is -2.19. The second kappa shape index (κ2) is 5.70. The molecule has 3 aromatic rings. The van der Waals surface area contributed by atoms with Crippen LogP contribution >= 0.6 is 0 Å². The molecular weight excluding hydrogens is 295 g/mol. The Labute approximate surface area is 134 Å². The second-order valence-corrected chi connectivity index (χ2v) is 5.97. The first-order chi connectivity index (χ1) is 10.9. The van der Waals surface area contributed by atoms with E-state index in [4.69, 9.17) is 4.74 Å². The van der Waals surface area contributed by atoms with Crippen molar-refractivity contribution >= 4 is 5.65 Å². The highest BCUT2D eigenvalue weighted by molar-refractivity contribution is 5.60. The molecule has 0 radical (unpaired) electrons. The maximum Gasteiger partial charge on any atom is 0.179 e. The van der Waals surface area contributed by atoms with E-state index >= 15 is 0 Å². The monoisotopic (exact) mass is 314 g/mol. The van der Waals surface area contributed by atoms with Gasteiger partial charge in [-0.15, -0.1) is 10.2 Å². The molecule has 2 aromatic heterocycles. The van der Waals surface area contributed by atoms with Crippen LogP contribution in [0.2, 0.25) is 0 Å². The van der Waals surface area contributed by atoms with Crippen LogP contribution < -0.4 is 0 Å². The number of hydrogen-bond donors (Lipinski definition) is 0. The largest absolute Gasteiger partial charge is 0.374 e. The number of rotatable bonds is 4. The Morgan fingerprint density at radius 3 is 2.48 bits per heavy atom. The Kier molecular flexibility index (Phi) is 3.85. The maximum absolute atomic E-state index is 13.6. The SMILES string of the molecule is COC(C)(C)c1ccc(-c2cn3c(C(C)F)nnc3cn2)cc1. The Morgan fingerprint density at radius 2 is 1.87 bits per heavy atom. The number of ether oxygens (including phenoxy) is 1. The van der Waals surface area contributed by atoms with E-state index in [1.807, 2.05) is 38.1 Å². The molecule has 2 heterocycles. The van der Waals surface area contributed by atoms with Gasteiger partial charge in [0.1, 0.15) is 0 Å². The minimum absolute atomic E-state index is 0.279. The summed E-state index contributed by atoms with van der Waals surface area (Å²) in [6.45, 7) is 5.47. The van der Waals surface area contributed by atoms with Crippen molar-refractivity contribution in [1.29, 1.82) is 0 Å². The lowest BCUT2D eigenvalue weighted by molar-refractivity contribution is 0.0192. The number of alkyl halides is 1. The predicted octanol–water partition coefficient (Wildman–Crippen LogP) is 3.70. The fraction of sp³-hybridized carbons (Fsp3) is 0.353. The standard InChI is InChI=1S/C17H19FN4O/c1-11(18)16-21-20-15-9-19-14(10-22(15)16)12-5-7-13(8-6-12)17(2,3)23-4/h5-11H,1-4H3. The van der Waals surface area contributed by atoms with Gasteiger partial charge in [-0.25, -0.2) is 4.39 Å². The Balaban J connectivity index is 2.01. The summed E-state index contributed by atoms with van der Waals surface area (Å²) in [5.74, 6) is 0.279. The van der Waals surface area contributed by atoms with Crippen LogP contribution in [0.4, 0.5) is 4.39 Å². The minimum atomic E-state index is -1.19. The summed E-state index contributed by atoms with van der Waals surface area (Å²) >= 11 is 0. The number of fused-ring (bicyclic) bond motifs is 1. The molecule has 120 valence electrons. The molecule has 0 spiro atoms. The van der Waals surface area contributed by atoms with Gasteiger partial charge in [0, 0.05) is 18.9 Å². The van der Waals surface area contributed by atoms with E-state index in [2.05, 4.69) is 15.2 Å².